The van der Waals surface area contributed by atoms with Crippen molar-refractivity contribution in [3.63, 3.8) is 0 Å². The van der Waals surface area contributed by atoms with Crippen molar-refractivity contribution in [3.05, 3.63) is 52.7 Å². The van der Waals surface area contributed by atoms with Crippen LogP contribution in [-0.4, -0.2) is 4.98 Å². The fourth-order valence-electron chi connectivity index (χ4n) is 1.73. The third-order valence-electron chi connectivity index (χ3n) is 2.91. The Balaban J connectivity index is 2.16. The first-order valence-electron chi connectivity index (χ1n) is 6.28. The van der Waals surface area contributed by atoms with Crippen molar-refractivity contribution in [2.75, 3.05) is 0 Å². The molecule has 1 heterocycles. The van der Waals surface area contributed by atoms with E-state index >= 15 is 0 Å². The van der Waals surface area contributed by atoms with E-state index in [0.717, 1.165) is 28.3 Å². The topological polar surface area (TPSA) is 48.1 Å². The molecule has 1 unspecified atom stereocenters. The number of nitrogens with zero attached hydrogens (tertiary/aromatic N) is 1. The van der Waals surface area contributed by atoms with Crippen LogP contribution >= 0.6 is 11.6 Å². The maximum absolute atomic E-state index is 6.07. The van der Waals surface area contributed by atoms with Gasteiger partial charge in [-0.05, 0) is 42.7 Å². The molecule has 1 atom stereocenters. The highest BCUT2D eigenvalue weighted by Gasteiger charge is 2.04. The van der Waals surface area contributed by atoms with Gasteiger partial charge >= 0.3 is 0 Å². The van der Waals surface area contributed by atoms with Gasteiger partial charge in [-0.15, -0.1) is 0 Å². The second kappa shape index (κ2) is 6.04. The average Bonchev–Trinajstić information content (AvgIpc) is 2.41. The lowest BCUT2D eigenvalue weighted by Gasteiger charge is -2.09. The molecule has 0 radical (unpaired) electrons. The Kier molecular flexibility index (Phi) is 4.40. The molecule has 2 aromatic rings. The molecule has 2 rings (SSSR count). The Labute approximate surface area is 118 Å². The third kappa shape index (κ3) is 3.46. The number of pyridine rings is 1. The average molecular weight is 277 g/mol. The van der Waals surface area contributed by atoms with Gasteiger partial charge in [0.1, 0.15) is 5.75 Å². The van der Waals surface area contributed by atoms with E-state index in [4.69, 9.17) is 22.1 Å². The molecule has 0 spiro atoms. The Morgan fingerprint density at radius 2 is 2.11 bits per heavy atom. The van der Waals surface area contributed by atoms with E-state index in [-0.39, 0.29) is 6.04 Å². The summed E-state index contributed by atoms with van der Waals surface area (Å²) in [6.07, 6.45) is 2.60. The lowest BCUT2D eigenvalue weighted by Crippen LogP contribution is -2.05. The van der Waals surface area contributed by atoms with Gasteiger partial charge in [0, 0.05) is 23.3 Å². The number of aryl methyl sites for hydroxylation is 1. The highest BCUT2D eigenvalue weighted by molar-refractivity contribution is 6.31. The summed E-state index contributed by atoms with van der Waals surface area (Å²) in [6, 6.07) is 9.32. The Hall–Kier alpha value is -1.58. The molecule has 2 N–H and O–H groups in total. The summed E-state index contributed by atoms with van der Waals surface area (Å²) in [5, 5.41) is 0.759. The lowest BCUT2D eigenvalue weighted by atomic mass is 10.1. The number of nitrogens with two attached hydrogens (primary N) is 1. The molecule has 0 saturated heterocycles. The second-order valence-corrected chi connectivity index (χ2v) is 4.83. The maximum atomic E-state index is 6.07. The Morgan fingerprint density at radius 1 is 1.32 bits per heavy atom. The lowest BCUT2D eigenvalue weighted by molar-refractivity contribution is 0.461. The van der Waals surface area contributed by atoms with Gasteiger partial charge in [-0.1, -0.05) is 24.6 Å². The van der Waals surface area contributed by atoms with Crippen molar-refractivity contribution in [3.8, 4) is 11.6 Å². The van der Waals surface area contributed by atoms with Crippen LogP contribution in [0.1, 0.15) is 31.0 Å². The van der Waals surface area contributed by atoms with Gasteiger partial charge < -0.3 is 10.5 Å². The van der Waals surface area contributed by atoms with Crippen LogP contribution in [0.4, 0.5) is 0 Å². The summed E-state index contributed by atoms with van der Waals surface area (Å²) >= 11 is 6.07. The van der Waals surface area contributed by atoms with E-state index in [2.05, 4.69) is 11.9 Å². The van der Waals surface area contributed by atoms with Gasteiger partial charge in [0.05, 0.1) is 0 Å². The minimum absolute atomic E-state index is 0.0243. The fraction of sp³-hybridized carbons (Fsp3) is 0.267. The van der Waals surface area contributed by atoms with Gasteiger partial charge in [0.2, 0.25) is 5.88 Å². The van der Waals surface area contributed by atoms with Crippen molar-refractivity contribution in [2.24, 2.45) is 5.73 Å². The standard InChI is InChI=1S/C15H17ClN2O/c1-3-11-8-13(5-6-14(11)16)19-15-7-4-12(9-18-15)10(2)17/h4-10H,3,17H2,1-2H3. The number of benzene rings is 1. The molecule has 4 heteroatoms. The third-order valence-corrected chi connectivity index (χ3v) is 3.27. The van der Waals surface area contributed by atoms with E-state index in [1.807, 2.05) is 37.3 Å². The summed E-state index contributed by atoms with van der Waals surface area (Å²) in [7, 11) is 0. The first-order chi connectivity index (χ1) is 9.10. The molecule has 3 nitrogen and oxygen atoms in total. The molecule has 0 aliphatic carbocycles. The zero-order valence-electron chi connectivity index (χ0n) is 11.1. The molecular weight excluding hydrogens is 260 g/mol. The van der Waals surface area contributed by atoms with Crippen LogP contribution in [-0.2, 0) is 6.42 Å². The molecule has 0 amide bonds. The predicted octanol–water partition coefficient (Wildman–Crippen LogP) is 4.11. The van der Waals surface area contributed by atoms with Gasteiger partial charge in [-0.2, -0.15) is 0 Å². The number of hydrogen-bond donors (Lipinski definition) is 1. The molecule has 19 heavy (non-hydrogen) atoms. The van der Waals surface area contributed by atoms with Crippen LogP contribution in [0, 0.1) is 0 Å². The van der Waals surface area contributed by atoms with Gasteiger partial charge in [0.15, 0.2) is 0 Å². The van der Waals surface area contributed by atoms with Crippen LogP contribution < -0.4 is 10.5 Å². The molecule has 0 bridgehead atoms. The molecule has 0 saturated carbocycles. The van der Waals surface area contributed by atoms with Gasteiger partial charge in [0.25, 0.3) is 0 Å². The number of aromatic nitrogens is 1. The van der Waals surface area contributed by atoms with Crippen molar-refractivity contribution in [1.82, 2.24) is 4.98 Å². The highest BCUT2D eigenvalue weighted by Crippen LogP contribution is 2.26. The number of halogens is 1. The molecule has 0 aliphatic rings. The van der Waals surface area contributed by atoms with Gasteiger partial charge in [-0.3, -0.25) is 0 Å². The number of ether oxygens (including phenoxy) is 1. The molecule has 0 aliphatic heterocycles. The Morgan fingerprint density at radius 3 is 2.68 bits per heavy atom. The largest absolute Gasteiger partial charge is 0.439 e. The minimum Gasteiger partial charge on any atom is -0.439 e. The molecule has 1 aromatic carbocycles. The molecular formula is C15H17ClN2O. The van der Waals surface area contributed by atoms with Crippen molar-refractivity contribution in [2.45, 2.75) is 26.3 Å². The molecule has 100 valence electrons. The molecule has 1 aromatic heterocycles. The zero-order valence-corrected chi connectivity index (χ0v) is 11.8. The van der Waals surface area contributed by atoms with E-state index in [1.165, 1.54) is 0 Å². The summed E-state index contributed by atoms with van der Waals surface area (Å²) in [5.41, 5.74) is 7.82. The Bertz CT molecular complexity index is 553. The first-order valence-corrected chi connectivity index (χ1v) is 6.65. The smallest absolute Gasteiger partial charge is 0.219 e. The van der Waals surface area contributed by atoms with E-state index in [1.54, 1.807) is 6.20 Å². The van der Waals surface area contributed by atoms with E-state index in [0.29, 0.717) is 5.88 Å². The monoisotopic (exact) mass is 276 g/mol. The number of rotatable bonds is 4. The van der Waals surface area contributed by atoms with Crippen LogP contribution in [0.3, 0.4) is 0 Å². The quantitative estimate of drug-likeness (QED) is 0.914. The van der Waals surface area contributed by atoms with Crippen molar-refractivity contribution < 1.29 is 4.74 Å². The van der Waals surface area contributed by atoms with Crippen molar-refractivity contribution in [1.29, 1.82) is 0 Å². The minimum atomic E-state index is -0.0243. The number of hydrogen-bond acceptors (Lipinski definition) is 3. The summed E-state index contributed by atoms with van der Waals surface area (Å²) in [6.45, 7) is 3.98. The van der Waals surface area contributed by atoms with E-state index in [9.17, 15) is 0 Å². The zero-order chi connectivity index (χ0) is 13.8. The summed E-state index contributed by atoms with van der Waals surface area (Å²) in [4.78, 5) is 4.24. The predicted molar refractivity (Wildman–Crippen MR) is 77.7 cm³/mol. The summed E-state index contributed by atoms with van der Waals surface area (Å²) < 4.78 is 5.70. The SMILES string of the molecule is CCc1cc(Oc2ccc(C(C)N)cn2)ccc1Cl. The highest BCUT2D eigenvalue weighted by atomic mass is 35.5. The fourth-order valence-corrected chi connectivity index (χ4v) is 1.98. The van der Waals surface area contributed by atoms with Crippen LogP contribution in [0.2, 0.25) is 5.02 Å². The van der Waals surface area contributed by atoms with Gasteiger partial charge in [-0.25, -0.2) is 4.98 Å². The first kappa shape index (κ1) is 13.8. The van der Waals surface area contributed by atoms with Crippen LogP contribution in [0.5, 0.6) is 11.6 Å². The van der Waals surface area contributed by atoms with E-state index < -0.39 is 0 Å². The summed E-state index contributed by atoms with van der Waals surface area (Å²) in [5.74, 6) is 1.29. The van der Waals surface area contributed by atoms with Crippen LogP contribution in [0.25, 0.3) is 0 Å². The normalized spacial score (nSPS) is 12.2. The second-order valence-electron chi connectivity index (χ2n) is 4.43. The van der Waals surface area contributed by atoms with Crippen molar-refractivity contribution >= 4 is 11.6 Å². The van der Waals surface area contributed by atoms with Crippen LogP contribution in [0.15, 0.2) is 36.5 Å². The molecule has 0 fully saturated rings. The maximum Gasteiger partial charge on any atom is 0.219 e.